The molecule has 1 saturated heterocycles. The molecular weight excluding hydrogens is 626 g/mol. The van der Waals surface area contributed by atoms with Gasteiger partial charge in [0.15, 0.2) is 0 Å². The van der Waals surface area contributed by atoms with Gasteiger partial charge in [0.05, 0.1) is 16.7 Å². The van der Waals surface area contributed by atoms with Crippen molar-refractivity contribution in [3.8, 4) is 0 Å². The molecule has 258 valence electrons. The van der Waals surface area contributed by atoms with E-state index in [1.807, 2.05) is 66.7 Å². The molecule has 1 heterocycles. The fourth-order valence-corrected chi connectivity index (χ4v) is 12.7. The molecule has 1 aliphatic heterocycles. The molecule has 0 N–H and O–H groups in total. The second kappa shape index (κ2) is 11.4. The molecule has 3 aromatic carbocycles. The van der Waals surface area contributed by atoms with Crippen LogP contribution in [-0.4, -0.2) is 60.3 Å². The Kier molecular flexibility index (Phi) is 7.23. The van der Waals surface area contributed by atoms with Crippen molar-refractivity contribution in [2.75, 3.05) is 13.1 Å². The molecule has 50 heavy (non-hydrogen) atoms. The van der Waals surface area contributed by atoms with Gasteiger partial charge in [0.2, 0.25) is 0 Å². The molecule has 7 heteroatoms. The maximum Gasteiger partial charge on any atom is 0.338 e. The summed E-state index contributed by atoms with van der Waals surface area (Å²) < 4.78 is 19.9. The number of hydrogen-bond acceptors (Lipinski definition) is 7. The van der Waals surface area contributed by atoms with Crippen molar-refractivity contribution >= 4 is 17.9 Å². The Bertz CT molecular complexity index is 1850. The maximum atomic E-state index is 13.9. The lowest BCUT2D eigenvalue weighted by Crippen LogP contribution is -2.69. The van der Waals surface area contributed by atoms with Crippen LogP contribution in [0.25, 0.3) is 0 Å². The van der Waals surface area contributed by atoms with Gasteiger partial charge in [0, 0.05) is 29.3 Å². The number of nitrogens with zero attached hydrogens (tertiary/aromatic N) is 1. The predicted octanol–water partition coefficient (Wildman–Crippen LogP) is 7.39. The Morgan fingerprint density at radius 1 is 0.780 bits per heavy atom. The molecule has 6 fully saturated rings. The van der Waals surface area contributed by atoms with E-state index in [0.29, 0.717) is 29.0 Å². The van der Waals surface area contributed by atoms with Crippen molar-refractivity contribution in [3.63, 3.8) is 0 Å². The first-order valence-electron chi connectivity index (χ1n) is 18.4. The van der Waals surface area contributed by atoms with Gasteiger partial charge in [-0.1, -0.05) is 75.0 Å². The predicted molar refractivity (Wildman–Crippen MR) is 187 cm³/mol. The standard InChI is InChI=1S/C43H45NO6/c1-4-44-25-41(3)21-20-35(49-39(46)28-16-10-6-11-17-28)43-33(41)22-31(36(43)44)42-24-30(26(2)37(42)50-40(47)29-18-12-7-13-19-29)32(23-34(42)43)48-38(45)27-14-8-5-9-15-27/h5-19,30-37H,2,4,20-25H2,1,3H3/t30-,31-,32-,33+,34+,35-,36+,37+,41-,42-,43-/m0/s1. The monoisotopic (exact) mass is 671 g/mol. The van der Waals surface area contributed by atoms with Gasteiger partial charge in [0.1, 0.15) is 18.3 Å². The van der Waals surface area contributed by atoms with Crippen LogP contribution in [-0.2, 0) is 14.2 Å². The number of benzene rings is 3. The smallest absolute Gasteiger partial charge is 0.338 e. The number of carbonyl (C=O) groups excluding carboxylic acids is 3. The topological polar surface area (TPSA) is 82.1 Å². The van der Waals surface area contributed by atoms with Crippen LogP contribution in [0.1, 0.15) is 77.0 Å². The average molecular weight is 672 g/mol. The minimum Gasteiger partial charge on any atom is -0.458 e. The summed E-state index contributed by atoms with van der Waals surface area (Å²) in [4.78, 5) is 44.2. The molecule has 0 amide bonds. The van der Waals surface area contributed by atoms with E-state index < -0.39 is 17.6 Å². The third-order valence-electron chi connectivity index (χ3n) is 14.2. The molecule has 11 atom stereocenters. The molecule has 0 aromatic heterocycles. The Morgan fingerprint density at radius 3 is 1.92 bits per heavy atom. The number of esters is 3. The van der Waals surface area contributed by atoms with Gasteiger partial charge in [0.25, 0.3) is 0 Å². The quantitative estimate of drug-likeness (QED) is 0.147. The maximum absolute atomic E-state index is 13.9. The van der Waals surface area contributed by atoms with Gasteiger partial charge in [-0.3, -0.25) is 4.90 Å². The van der Waals surface area contributed by atoms with Crippen LogP contribution in [0.5, 0.6) is 0 Å². The SMILES string of the molecule is C=C1[C@@H](OC(=O)c2ccccc2)[C@]23C[C@@H]1[C@@H](OC(=O)c1ccccc1)C[C@H]2[C@@]12[C@@H](OC(=O)c4ccccc4)CC[C@@]4(C)CN(CC)[C@@H]1[C@@H]3C[C@H]42. The third-order valence-corrected chi connectivity index (χ3v) is 14.2. The number of fused-ring (bicyclic) bond motifs is 1. The lowest BCUT2D eigenvalue weighted by molar-refractivity contribution is -0.218. The van der Waals surface area contributed by atoms with Crippen molar-refractivity contribution in [2.24, 2.45) is 39.9 Å². The number of piperidine rings is 1. The second-order valence-electron chi connectivity index (χ2n) is 16.1. The first kappa shape index (κ1) is 31.7. The highest BCUT2D eigenvalue weighted by Gasteiger charge is 2.86. The van der Waals surface area contributed by atoms with Gasteiger partial charge in [-0.05, 0) is 104 Å². The summed E-state index contributed by atoms with van der Waals surface area (Å²) in [5, 5.41) is 0. The number of rotatable bonds is 7. The third kappa shape index (κ3) is 4.22. The molecule has 9 rings (SSSR count). The molecular formula is C43H45NO6. The summed E-state index contributed by atoms with van der Waals surface area (Å²) in [6, 6.07) is 27.8. The van der Waals surface area contributed by atoms with Crippen LogP contribution in [0.3, 0.4) is 0 Å². The van der Waals surface area contributed by atoms with Crippen molar-refractivity contribution in [2.45, 2.75) is 70.3 Å². The zero-order valence-corrected chi connectivity index (χ0v) is 28.8. The van der Waals surface area contributed by atoms with Gasteiger partial charge in [-0.25, -0.2) is 14.4 Å². The van der Waals surface area contributed by atoms with Crippen LogP contribution in [0.15, 0.2) is 103 Å². The molecule has 7 nitrogen and oxygen atoms in total. The minimum absolute atomic E-state index is 0.0102. The Hall–Kier alpha value is -4.23. The minimum atomic E-state index is -0.533. The Morgan fingerprint density at radius 2 is 1.34 bits per heavy atom. The van der Waals surface area contributed by atoms with E-state index >= 15 is 0 Å². The van der Waals surface area contributed by atoms with Crippen LogP contribution in [0, 0.1) is 39.9 Å². The molecule has 5 aliphatic carbocycles. The van der Waals surface area contributed by atoms with Crippen molar-refractivity contribution < 1.29 is 28.6 Å². The van der Waals surface area contributed by atoms with E-state index in [9.17, 15) is 14.4 Å². The molecule has 3 aromatic rings. The zero-order chi connectivity index (χ0) is 34.4. The normalized spacial score (nSPS) is 39.0. The van der Waals surface area contributed by atoms with Gasteiger partial charge < -0.3 is 14.2 Å². The van der Waals surface area contributed by atoms with Gasteiger partial charge in [-0.15, -0.1) is 0 Å². The van der Waals surface area contributed by atoms with E-state index in [0.717, 1.165) is 44.3 Å². The summed E-state index contributed by atoms with van der Waals surface area (Å²) in [7, 11) is 0. The van der Waals surface area contributed by atoms with Crippen LogP contribution in [0.4, 0.5) is 0 Å². The zero-order valence-electron chi connectivity index (χ0n) is 28.8. The number of hydrogen-bond donors (Lipinski definition) is 0. The molecule has 2 spiro atoms. The van der Waals surface area contributed by atoms with E-state index in [4.69, 9.17) is 14.2 Å². The summed E-state index contributed by atoms with van der Waals surface area (Å²) in [6.07, 6.45) is 2.84. The highest BCUT2D eigenvalue weighted by atomic mass is 16.6. The number of likely N-dealkylation sites (tertiary alicyclic amines) is 1. The van der Waals surface area contributed by atoms with Crippen LogP contribution in [0.2, 0.25) is 0 Å². The summed E-state index contributed by atoms with van der Waals surface area (Å²) in [5.41, 5.74) is 1.69. The fourth-order valence-electron chi connectivity index (χ4n) is 12.7. The molecule has 6 aliphatic rings. The highest BCUT2D eigenvalue weighted by molar-refractivity contribution is 5.90. The summed E-state index contributed by atoms with van der Waals surface area (Å²) in [5.74, 6) is -0.600. The Labute approximate surface area is 294 Å². The first-order chi connectivity index (χ1) is 24.2. The molecule has 5 saturated carbocycles. The Balaban J connectivity index is 1.18. The van der Waals surface area contributed by atoms with E-state index in [2.05, 4.69) is 25.3 Å². The number of carbonyl (C=O) groups is 3. The molecule has 0 unspecified atom stereocenters. The van der Waals surface area contributed by atoms with Crippen molar-refractivity contribution in [1.29, 1.82) is 0 Å². The van der Waals surface area contributed by atoms with Crippen LogP contribution >= 0.6 is 0 Å². The van der Waals surface area contributed by atoms with Crippen LogP contribution < -0.4 is 0 Å². The lowest BCUT2D eigenvalue weighted by Gasteiger charge is -2.65. The largest absolute Gasteiger partial charge is 0.458 e. The van der Waals surface area contributed by atoms with Gasteiger partial charge in [-0.2, -0.15) is 0 Å². The van der Waals surface area contributed by atoms with E-state index in [-0.39, 0.29) is 58.6 Å². The molecule has 7 bridgehead atoms. The molecule has 0 radical (unpaired) electrons. The van der Waals surface area contributed by atoms with E-state index in [1.165, 1.54) is 0 Å². The average Bonchev–Trinajstić information content (AvgIpc) is 3.67. The highest BCUT2D eigenvalue weighted by Crippen LogP contribution is 2.84. The van der Waals surface area contributed by atoms with Gasteiger partial charge >= 0.3 is 17.9 Å². The lowest BCUT2D eigenvalue weighted by atomic mass is 9.43. The summed E-state index contributed by atoms with van der Waals surface area (Å²) >= 11 is 0. The van der Waals surface area contributed by atoms with Crippen molar-refractivity contribution in [1.82, 2.24) is 4.90 Å². The van der Waals surface area contributed by atoms with E-state index in [1.54, 1.807) is 24.3 Å². The van der Waals surface area contributed by atoms with Crippen molar-refractivity contribution in [3.05, 3.63) is 120 Å². The number of ether oxygens (including phenoxy) is 3. The first-order valence-corrected chi connectivity index (χ1v) is 18.4. The fraction of sp³-hybridized carbons (Fsp3) is 0.465. The second-order valence-corrected chi connectivity index (χ2v) is 16.1. The summed E-state index contributed by atoms with van der Waals surface area (Å²) in [6.45, 7) is 11.2.